The molecule has 12 heavy (non-hydrogen) atoms. The van der Waals surface area contributed by atoms with E-state index >= 15 is 0 Å². The smallest absolute Gasteiger partial charge is 0.337 e. The Morgan fingerprint density at radius 2 is 2.33 bits per heavy atom. The van der Waals surface area contributed by atoms with Crippen LogP contribution in [0.25, 0.3) is 0 Å². The summed E-state index contributed by atoms with van der Waals surface area (Å²) in [5, 5.41) is 8.79. The Hall–Kier alpha value is -1.29. The zero-order valence-electron chi connectivity index (χ0n) is 6.34. The Labute approximate surface area is 74.0 Å². The van der Waals surface area contributed by atoms with E-state index in [2.05, 4.69) is 4.98 Å². The first-order valence-corrected chi connectivity index (χ1v) is 3.56. The van der Waals surface area contributed by atoms with E-state index in [1.807, 2.05) is 0 Å². The number of aromatic nitrogens is 1. The first kappa shape index (κ1) is 8.80. The number of hydrogen-bond donors (Lipinski definition) is 2. The molecule has 3 N–H and O–H groups in total. The highest BCUT2D eigenvalue weighted by molar-refractivity contribution is 6.29. The predicted molar refractivity (Wildman–Crippen MR) is 45.4 cm³/mol. The van der Waals surface area contributed by atoms with Crippen molar-refractivity contribution in [1.82, 2.24) is 4.98 Å². The molecule has 64 valence electrons. The first-order chi connectivity index (χ1) is 5.52. The fourth-order valence-corrected chi connectivity index (χ4v) is 1.06. The predicted octanol–water partition coefficient (Wildman–Crippen LogP) is 1.32. The van der Waals surface area contributed by atoms with Gasteiger partial charge in [-0.05, 0) is 13.0 Å². The van der Waals surface area contributed by atoms with Crippen LogP contribution in [-0.2, 0) is 0 Å². The van der Waals surface area contributed by atoms with Crippen LogP contribution in [0.3, 0.4) is 0 Å². The van der Waals surface area contributed by atoms with Gasteiger partial charge in [-0.1, -0.05) is 11.6 Å². The van der Waals surface area contributed by atoms with Crippen molar-refractivity contribution in [2.45, 2.75) is 6.92 Å². The van der Waals surface area contributed by atoms with Crippen LogP contribution in [-0.4, -0.2) is 16.1 Å². The minimum absolute atomic E-state index is 0.00694. The molecule has 0 saturated heterocycles. The molecule has 0 saturated carbocycles. The monoisotopic (exact) mass is 186 g/mol. The molecule has 4 nitrogen and oxygen atoms in total. The fraction of sp³-hybridized carbons (Fsp3) is 0.143. The van der Waals surface area contributed by atoms with Crippen LogP contribution < -0.4 is 5.73 Å². The third-order valence-electron chi connectivity index (χ3n) is 1.45. The molecule has 0 aromatic carbocycles. The van der Waals surface area contributed by atoms with Crippen molar-refractivity contribution in [3.63, 3.8) is 0 Å². The lowest BCUT2D eigenvalue weighted by molar-refractivity contribution is 0.0698. The molecule has 0 aliphatic heterocycles. The number of nitrogen functional groups attached to an aromatic ring is 1. The van der Waals surface area contributed by atoms with Gasteiger partial charge in [0, 0.05) is 0 Å². The maximum Gasteiger partial charge on any atom is 0.337 e. The van der Waals surface area contributed by atoms with Crippen LogP contribution in [0.5, 0.6) is 0 Å². The number of anilines is 1. The Bertz CT molecular complexity index is 338. The van der Waals surface area contributed by atoms with E-state index in [1.54, 1.807) is 6.92 Å². The summed E-state index contributed by atoms with van der Waals surface area (Å²) in [4.78, 5) is 14.4. The number of carbonyl (C=O) groups is 1. The summed E-state index contributed by atoms with van der Waals surface area (Å²) in [5.74, 6) is -1.10. The van der Waals surface area contributed by atoms with Gasteiger partial charge in [0.15, 0.2) is 0 Å². The van der Waals surface area contributed by atoms with Crippen LogP contribution in [0.15, 0.2) is 6.07 Å². The SMILES string of the molecule is Cc1nc(Cl)cc(C(=O)O)c1N. The summed E-state index contributed by atoms with van der Waals surface area (Å²) in [6.07, 6.45) is 0. The molecule has 1 aromatic heterocycles. The van der Waals surface area contributed by atoms with Gasteiger partial charge in [0.1, 0.15) is 5.15 Å². The maximum atomic E-state index is 10.6. The number of rotatable bonds is 1. The molecule has 0 aliphatic carbocycles. The molecule has 0 aliphatic rings. The quantitative estimate of drug-likeness (QED) is 0.649. The number of halogens is 1. The van der Waals surface area contributed by atoms with Gasteiger partial charge in [-0.3, -0.25) is 0 Å². The van der Waals surface area contributed by atoms with Gasteiger partial charge < -0.3 is 10.8 Å². The van der Waals surface area contributed by atoms with Crippen LogP contribution in [0.2, 0.25) is 5.15 Å². The highest BCUT2D eigenvalue weighted by Crippen LogP contribution is 2.18. The average Bonchev–Trinajstić information content (AvgIpc) is 1.96. The normalized spacial score (nSPS) is 9.83. The molecular formula is C7H7ClN2O2. The summed E-state index contributed by atoms with van der Waals surface area (Å²) < 4.78 is 0. The number of aryl methyl sites for hydroxylation is 1. The van der Waals surface area contributed by atoms with E-state index in [1.165, 1.54) is 6.07 Å². The third-order valence-corrected chi connectivity index (χ3v) is 1.64. The van der Waals surface area contributed by atoms with Crippen molar-refractivity contribution in [2.75, 3.05) is 5.73 Å². The lowest BCUT2D eigenvalue weighted by Gasteiger charge is -2.03. The number of aromatic carboxylic acids is 1. The molecule has 0 radical (unpaired) electrons. The summed E-state index contributed by atoms with van der Waals surface area (Å²) in [5.41, 5.74) is 6.03. The summed E-state index contributed by atoms with van der Waals surface area (Å²) >= 11 is 5.54. The standard InChI is InChI=1S/C7H7ClN2O2/c1-3-6(9)4(7(11)12)2-5(8)10-3/h2H,9H2,1H3,(H,11,12). The van der Waals surface area contributed by atoms with Crippen molar-refractivity contribution in [2.24, 2.45) is 0 Å². The van der Waals surface area contributed by atoms with Gasteiger partial charge in [0.2, 0.25) is 0 Å². The Morgan fingerprint density at radius 3 is 2.83 bits per heavy atom. The van der Waals surface area contributed by atoms with Crippen LogP contribution in [0.1, 0.15) is 16.1 Å². The number of carboxylic acid groups (broad SMARTS) is 1. The van der Waals surface area contributed by atoms with Crippen LogP contribution in [0, 0.1) is 6.92 Å². The van der Waals surface area contributed by atoms with Gasteiger partial charge in [0.25, 0.3) is 0 Å². The lowest BCUT2D eigenvalue weighted by Crippen LogP contribution is -2.05. The Kier molecular flexibility index (Phi) is 2.19. The summed E-state index contributed by atoms with van der Waals surface area (Å²) in [6.45, 7) is 1.60. The topological polar surface area (TPSA) is 76.2 Å². The van der Waals surface area contributed by atoms with E-state index in [9.17, 15) is 4.79 Å². The van der Waals surface area contributed by atoms with Gasteiger partial charge in [-0.15, -0.1) is 0 Å². The zero-order chi connectivity index (χ0) is 9.30. The summed E-state index contributed by atoms with van der Waals surface area (Å²) in [6, 6.07) is 1.23. The third kappa shape index (κ3) is 1.48. The summed E-state index contributed by atoms with van der Waals surface area (Å²) in [7, 11) is 0. The molecule has 1 aromatic rings. The second-order valence-electron chi connectivity index (χ2n) is 2.30. The molecular weight excluding hydrogens is 180 g/mol. The molecule has 0 amide bonds. The maximum absolute atomic E-state index is 10.6. The Morgan fingerprint density at radius 1 is 1.75 bits per heavy atom. The molecule has 0 fully saturated rings. The Balaban J connectivity index is 3.37. The second-order valence-corrected chi connectivity index (χ2v) is 2.68. The first-order valence-electron chi connectivity index (χ1n) is 3.18. The van der Waals surface area contributed by atoms with Crippen molar-refractivity contribution >= 4 is 23.3 Å². The molecule has 0 bridgehead atoms. The van der Waals surface area contributed by atoms with Crippen LogP contribution >= 0.6 is 11.6 Å². The zero-order valence-corrected chi connectivity index (χ0v) is 7.09. The van der Waals surface area contributed by atoms with Crippen molar-refractivity contribution in [3.05, 3.63) is 22.5 Å². The minimum Gasteiger partial charge on any atom is -0.478 e. The molecule has 0 unspecified atom stereocenters. The fourth-order valence-electron chi connectivity index (χ4n) is 0.821. The molecule has 1 heterocycles. The van der Waals surface area contributed by atoms with Crippen molar-refractivity contribution in [1.29, 1.82) is 0 Å². The largest absolute Gasteiger partial charge is 0.478 e. The molecule has 1 rings (SSSR count). The number of pyridine rings is 1. The van der Waals surface area contributed by atoms with Gasteiger partial charge in [0.05, 0.1) is 16.9 Å². The van der Waals surface area contributed by atoms with E-state index in [4.69, 9.17) is 22.4 Å². The van der Waals surface area contributed by atoms with Gasteiger partial charge in [-0.2, -0.15) is 0 Å². The molecule has 0 spiro atoms. The minimum atomic E-state index is -1.10. The van der Waals surface area contributed by atoms with E-state index in [0.717, 1.165) is 0 Å². The van der Waals surface area contributed by atoms with E-state index < -0.39 is 5.97 Å². The van der Waals surface area contributed by atoms with E-state index in [0.29, 0.717) is 5.69 Å². The number of hydrogen-bond acceptors (Lipinski definition) is 3. The highest BCUT2D eigenvalue weighted by atomic mass is 35.5. The van der Waals surface area contributed by atoms with Gasteiger partial charge in [-0.25, -0.2) is 9.78 Å². The number of carboxylic acids is 1. The highest BCUT2D eigenvalue weighted by Gasteiger charge is 2.11. The second kappa shape index (κ2) is 2.98. The number of nitrogens with two attached hydrogens (primary N) is 1. The van der Waals surface area contributed by atoms with Gasteiger partial charge >= 0.3 is 5.97 Å². The van der Waals surface area contributed by atoms with Crippen molar-refractivity contribution < 1.29 is 9.90 Å². The molecule has 0 atom stereocenters. The van der Waals surface area contributed by atoms with Crippen LogP contribution in [0.4, 0.5) is 5.69 Å². The lowest BCUT2D eigenvalue weighted by atomic mass is 10.2. The number of nitrogens with zero attached hydrogens (tertiary/aromatic N) is 1. The molecule has 5 heteroatoms. The van der Waals surface area contributed by atoms with E-state index in [-0.39, 0.29) is 16.4 Å². The van der Waals surface area contributed by atoms with Crippen molar-refractivity contribution in [3.8, 4) is 0 Å². The average molecular weight is 187 g/mol.